The number of nitrogens with zero attached hydrogens (tertiary/aromatic N) is 3. The third-order valence-corrected chi connectivity index (χ3v) is 5.49. The molecule has 0 spiro atoms. The first-order valence-electron chi connectivity index (χ1n) is 11.6. The number of ether oxygens (including phenoxy) is 1. The molecule has 0 saturated heterocycles. The summed E-state index contributed by atoms with van der Waals surface area (Å²) >= 11 is 0. The van der Waals surface area contributed by atoms with Crippen molar-refractivity contribution in [2.24, 2.45) is 0 Å². The van der Waals surface area contributed by atoms with Crippen LogP contribution < -0.4 is 10.1 Å². The fourth-order valence-corrected chi connectivity index (χ4v) is 3.48. The SMILES string of the molecule is CCCCN(CC(=O)Nc1cc(C(C)(C)C)nn1-c1ccc(OC)cc1)C(=O)c1ccccc1. The highest BCUT2D eigenvalue weighted by atomic mass is 16.5. The van der Waals surface area contributed by atoms with Gasteiger partial charge in [0, 0.05) is 23.6 Å². The lowest BCUT2D eigenvalue weighted by Gasteiger charge is -2.22. The van der Waals surface area contributed by atoms with Gasteiger partial charge in [0.1, 0.15) is 18.1 Å². The average Bonchev–Trinajstić information content (AvgIpc) is 3.26. The van der Waals surface area contributed by atoms with Gasteiger partial charge in [-0.15, -0.1) is 0 Å². The summed E-state index contributed by atoms with van der Waals surface area (Å²) in [4.78, 5) is 27.7. The van der Waals surface area contributed by atoms with Crippen molar-refractivity contribution in [2.75, 3.05) is 25.5 Å². The summed E-state index contributed by atoms with van der Waals surface area (Å²) in [7, 11) is 1.62. The van der Waals surface area contributed by atoms with E-state index in [1.54, 1.807) is 28.8 Å². The molecule has 2 aromatic carbocycles. The smallest absolute Gasteiger partial charge is 0.254 e. The van der Waals surface area contributed by atoms with Gasteiger partial charge in [-0.1, -0.05) is 52.3 Å². The molecule has 34 heavy (non-hydrogen) atoms. The number of unbranched alkanes of at least 4 members (excludes halogenated alkanes) is 1. The van der Waals surface area contributed by atoms with Crippen molar-refractivity contribution in [1.29, 1.82) is 0 Å². The molecule has 7 nitrogen and oxygen atoms in total. The number of anilines is 1. The topological polar surface area (TPSA) is 76.5 Å². The Bertz CT molecular complexity index is 1100. The van der Waals surface area contributed by atoms with Crippen molar-refractivity contribution in [1.82, 2.24) is 14.7 Å². The lowest BCUT2D eigenvalue weighted by Crippen LogP contribution is -2.38. The maximum atomic E-state index is 13.1. The van der Waals surface area contributed by atoms with Crippen LogP contribution in [0.5, 0.6) is 5.75 Å². The van der Waals surface area contributed by atoms with Crippen LogP contribution in [-0.2, 0) is 10.2 Å². The fourth-order valence-electron chi connectivity index (χ4n) is 3.48. The number of nitrogens with one attached hydrogen (secondary N) is 1. The molecule has 1 heterocycles. The number of benzene rings is 2. The van der Waals surface area contributed by atoms with Crippen molar-refractivity contribution in [3.05, 3.63) is 71.9 Å². The Balaban J connectivity index is 1.85. The highest BCUT2D eigenvalue weighted by molar-refractivity contribution is 5.99. The molecule has 0 aliphatic rings. The van der Waals surface area contributed by atoms with Gasteiger partial charge in [-0.3, -0.25) is 9.59 Å². The van der Waals surface area contributed by atoms with Crippen LogP contribution in [0.3, 0.4) is 0 Å². The summed E-state index contributed by atoms with van der Waals surface area (Å²) in [5, 5.41) is 7.73. The van der Waals surface area contributed by atoms with E-state index in [-0.39, 0.29) is 23.8 Å². The van der Waals surface area contributed by atoms with Gasteiger partial charge in [-0.25, -0.2) is 4.68 Å². The second-order valence-electron chi connectivity index (χ2n) is 9.27. The fraction of sp³-hybridized carbons (Fsp3) is 0.370. The molecule has 1 N–H and O–H groups in total. The summed E-state index contributed by atoms with van der Waals surface area (Å²) in [6, 6.07) is 18.4. The Morgan fingerprint density at radius 2 is 1.74 bits per heavy atom. The lowest BCUT2D eigenvalue weighted by atomic mass is 9.92. The summed E-state index contributed by atoms with van der Waals surface area (Å²) in [5.41, 5.74) is 2.02. The van der Waals surface area contributed by atoms with E-state index >= 15 is 0 Å². The molecule has 0 atom stereocenters. The molecular weight excluding hydrogens is 428 g/mol. The van der Waals surface area contributed by atoms with E-state index in [2.05, 4.69) is 33.0 Å². The van der Waals surface area contributed by atoms with Gasteiger partial charge in [0.25, 0.3) is 5.91 Å². The van der Waals surface area contributed by atoms with Gasteiger partial charge < -0.3 is 15.0 Å². The van der Waals surface area contributed by atoms with E-state index in [4.69, 9.17) is 9.84 Å². The normalized spacial score (nSPS) is 11.2. The molecule has 7 heteroatoms. The summed E-state index contributed by atoms with van der Waals surface area (Å²) in [5.74, 6) is 0.880. The number of amides is 2. The van der Waals surface area contributed by atoms with Gasteiger partial charge in [0.2, 0.25) is 5.91 Å². The number of aromatic nitrogens is 2. The van der Waals surface area contributed by atoms with Crippen LogP contribution in [0.2, 0.25) is 0 Å². The van der Waals surface area contributed by atoms with Gasteiger partial charge in [0.15, 0.2) is 0 Å². The molecule has 2 amide bonds. The highest BCUT2D eigenvalue weighted by Gasteiger charge is 2.23. The first-order chi connectivity index (χ1) is 16.2. The average molecular weight is 463 g/mol. The molecule has 1 aromatic heterocycles. The molecule has 0 unspecified atom stereocenters. The highest BCUT2D eigenvalue weighted by Crippen LogP contribution is 2.27. The molecule has 180 valence electrons. The Morgan fingerprint density at radius 3 is 2.32 bits per heavy atom. The van der Waals surface area contributed by atoms with Crippen molar-refractivity contribution in [3.63, 3.8) is 0 Å². The van der Waals surface area contributed by atoms with Crippen molar-refractivity contribution in [2.45, 2.75) is 46.0 Å². The van der Waals surface area contributed by atoms with Crippen LogP contribution >= 0.6 is 0 Å². The molecule has 0 radical (unpaired) electrons. The predicted molar refractivity (Wildman–Crippen MR) is 135 cm³/mol. The lowest BCUT2D eigenvalue weighted by molar-refractivity contribution is -0.117. The second kappa shape index (κ2) is 11.0. The van der Waals surface area contributed by atoms with E-state index in [0.29, 0.717) is 17.9 Å². The van der Waals surface area contributed by atoms with E-state index in [1.165, 1.54) is 0 Å². The number of rotatable bonds is 9. The third-order valence-electron chi connectivity index (χ3n) is 5.49. The van der Waals surface area contributed by atoms with Crippen LogP contribution in [0.4, 0.5) is 5.82 Å². The minimum Gasteiger partial charge on any atom is -0.497 e. The van der Waals surface area contributed by atoms with Crippen molar-refractivity contribution >= 4 is 17.6 Å². The van der Waals surface area contributed by atoms with E-state index in [9.17, 15) is 9.59 Å². The van der Waals surface area contributed by atoms with Crippen LogP contribution in [-0.4, -0.2) is 46.7 Å². The van der Waals surface area contributed by atoms with Gasteiger partial charge in [-0.2, -0.15) is 5.10 Å². The second-order valence-corrected chi connectivity index (χ2v) is 9.27. The molecule has 0 aliphatic carbocycles. The molecular formula is C27H34N4O3. The molecule has 3 rings (SSSR count). The Morgan fingerprint density at radius 1 is 1.06 bits per heavy atom. The zero-order valence-electron chi connectivity index (χ0n) is 20.7. The Kier molecular flexibility index (Phi) is 8.10. The first kappa shape index (κ1) is 25.0. The number of carbonyl (C=O) groups is 2. The number of hydrogen-bond acceptors (Lipinski definition) is 4. The number of methoxy groups -OCH3 is 1. The zero-order valence-corrected chi connectivity index (χ0v) is 20.7. The summed E-state index contributed by atoms with van der Waals surface area (Å²) < 4.78 is 6.97. The molecule has 0 bridgehead atoms. The molecule has 0 aliphatic heterocycles. The minimum atomic E-state index is -0.268. The van der Waals surface area contributed by atoms with Crippen molar-refractivity contribution < 1.29 is 14.3 Å². The van der Waals surface area contributed by atoms with Gasteiger partial charge >= 0.3 is 0 Å². The maximum absolute atomic E-state index is 13.1. The molecule has 3 aromatic rings. The van der Waals surface area contributed by atoms with Crippen LogP contribution in [0.25, 0.3) is 5.69 Å². The van der Waals surface area contributed by atoms with Crippen molar-refractivity contribution in [3.8, 4) is 11.4 Å². The quantitative estimate of drug-likeness (QED) is 0.482. The third kappa shape index (κ3) is 6.25. The summed E-state index contributed by atoms with van der Waals surface area (Å²) in [6.45, 7) is 8.76. The standard InChI is InChI=1S/C27H34N4O3/c1-6-7-17-30(26(33)20-11-9-8-10-12-20)19-25(32)28-24-18-23(27(2,3)4)29-31(24)21-13-15-22(34-5)16-14-21/h8-16,18H,6-7,17,19H2,1-5H3,(H,28,32). The van der Waals surface area contributed by atoms with Crippen LogP contribution in [0.15, 0.2) is 60.7 Å². The largest absolute Gasteiger partial charge is 0.497 e. The van der Waals surface area contributed by atoms with Gasteiger partial charge in [-0.05, 0) is 42.8 Å². The van der Waals surface area contributed by atoms with Crippen LogP contribution in [0.1, 0.15) is 56.6 Å². The first-order valence-corrected chi connectivity index (χ1v) is 11.6. The monoisotopic (exact) mass is 462 g/mol. The summed E-state index contributed by atoms with van der Waals surface area (Å²) in [6.07, 6.45) is 1.75. The Hall–Kier alpha value is -3.61. The zero-order chi connectivity index (χ0) is 24.7. The van der Waals surface area contributed by atoms with E-state index in [0.717, 1.165) is 30.0 Å². The van der Waals surface area contributed by atoms with E-state index in [1.807, 2.05) is 48.5 Å². The minimum absolute atomic E-state index is 0.0353. The van der Waals surface area contributed by atoms with Crippen LogP contribution in [0, 0.1) is 0 Å². The maximum Gasteiger partial charge on any atom is 0.254 e. The van der Waals surface area contributed by atoms with E-state index < -0.39 is 0 Å². The predicted octanol–water partition coefficient (Wildman–Crippen LogP) is 5.06. The number of carbonyl (C=O) groups excluding carboxylic acids is 2. The number of hydrogen-bond donors (Lipinski definition) is 1. The molecule has 0 saturated carbocycles. The van der Waals surface area contributed by atoms with Gasteiger partial charge in [0.05, 0.1) is 18.5 Å². The molecule has 0 fully saturated rings. The Labute approximate surface area is 201 Å².